The van der Waals surface area contributed by atoms with Gasteiger partial charge in [0.1, 0.15) is 0 Å². The molecule has 112 valence electrons. The van der Waals surface area contributed by atoms with Gasteiger partial charge in [-0.1, -0.05) is 6.92 Å². The molecular formula is C16H26N2OS. The van der Waals surface area contributed by atoms with Crippen molar-refractivity contribution < 1.29 is 4.79 Å². The Morgan fingerprint density at radius 1 is 1.45 bits per heavy atom. The maximum absolute atomic E-state index is 12.5. The van der Waals surface area contributed by atoms with E-state index in [1.807, 2.05) is 11.9 Å². The number of rotatable bonds is 5. The molecule has 4 heteroatoms. The molecule has 1 aromatic heterocycles. The van der Waals surface area contributed by atoms with Crippen LogP contribution in [0.5, 0.6) is 0 Å². The average molecular weight is 294 g/mol. The minimum absolute atomic E-state index is 0.241. The normalized spacial score (nSPS) is 16.6. The molecule has 1 aliphatic rings. The van der Waals surface area contributed by atoms with Gasteiger partial charge in [-0.2, -0.15) is 0 Å². The van der Waals surface area contributed by atoms with Gasteiger partial charge in [-0.05, 0) is 63.7 Å². The molecule has 1 amide bonds. The van der Waals surface area contributed by atoms with Gasteiger partial charge in [-0.15, -0.1) is 11.3 Å². The Labute approximate surface area is 126 Å². The van der Waals surface area contributed by atoms with Gasteiger partial charge >= 0.3 is 0 Å². The van der Waals surface area contributed by atoms with Crippen molar-refractivity contribution in [3.63, 3.8) is 0 Å². The summed E-state index contributed by atoms with van der Waals surface area (Å²) in [5.41, 5.74) is 1.32. The maximum atomic E-state index is 12.5. The Morgan fingerprint density at radius 2 is 2.15 bits per heavy atom. The Balaban J connectivity index is 1.91. The van der Waals surface area contributed by atoms with Crippen LogP contribution in [0, 0.1) is 12.8 Å². The number of carbonyl (C=O) groups excluding carboxylic acids is 1. The molecule has 0 aromatic carbocycles. The van der Waals surface area contributed by atoms with Crippen molar-refractivity contribution in [1.29, 1.82) is 0 Å². The van der Waals surface area contributed by atoms with Crippen molar-refractivity contribution in [3.05, 3.63) is 21.4 Å². The molecule has 0 spiro atoms. The minimum Gasteiger partial charge on any atom is -0.338 e. The van der Waals surface area contributed by atoms with Crippen LogP contribution in [-0.4, -0.2) is 37.5 Å². The van der Waals surface area contributed by atoms with Crippen molar-refractivity contribution in [1.82, 2.24) is 10.2 Å². The van der Waals surface area contributed by atoms with E-state index in [0.717, 1.165) is 49.7 Å². The van der Waals surface area contributed by atoms with Gasteiger partial charge in [0.2, 0.25) is 0 Å². The lowest BCUT2D eigenvalue weighted by Crippen LogP contribution is -2.38. The Hall–Kier alpha value is -0.870. The number of hydrogen-bond acceptors (Lipinski definition) is 3. The fourth-order valence-electron chi connectivity index (χ4n) is 2.91. The summed E-state index contributed by atoms with van der Waals surface area (Å²) in [5, 5.41) is 3.21. The van der Waals surface area contributed by atoms with E-state index in [2.05, 4.69) is 25.2 Å². The molecule has 1 saturated heterocycles. The summed E-state index contributed by atoms with van der Waals surface area (Å²) in [6.07, 6.45) is 4.55. The van der Waals surface area contributed by atoms with Crippen molar-refractivity contribution >= 4 is 17.2 Å². The lowest BCUT2D eigenvalue weighted by molar-refractivity contribution is 0.0692. The molecule has 2 heterocycles. The number of amides is 1. The number of thiophene rings is 1. The Bertz CT molecular complexity index is 447. The van der Waals surface area contributed by atoms with Crippen LogP contribution in [0.1, 0.15) is 46.3 Å². The first-order chi connectivity index (χ1) is 9.65. The zero-order chi connectivity index (χ0) is 14.5. The lowest BCUT2D eigenvalue weighted by Gasteiger charge is -2.31. The SMILES string of the molecule is CCc1cc(C(=O)N2CCC(CCNC)CC2)sc1C. The highest BCUT2D eigenvalue weighted by atomic mass is 32.1. The Morgan fingerprint density at radius 3 is 2.70 bits per heavy atom. The zero-order valence-corrected chi connectivity index (χ0v) is 13.7. The van der Waals surface area contributed by atoms with Gasteiger partial charge in [-0.25, -0.2) is 0 Å². The van der Waals surface area contributed by atoms with Gasteiger partial charge < -0.3 is 10.2 Å². The third kappa shape index (κ3) is 3.61. The van der Waals surface area contributed by atoms with E-state index < -0.39 is 0 Å². The second-order valence-corrected chi connectivity index (χ2v) is 6.93. The van der Waals surface area contributed by atoms with E-state index in [9.17, 15) is 4.79 Å². The molecule has 1 aliphatic heterocycles. The van der Waals surface area contributed by atoms with E-state index in [0.29, 0.717) is 0 Å². The molecule has 20 heavy (non-hydrogen) atoms. The van der Waals surface area contributed by atoms with Gasteiger partial charge in [0, 0.05) is 18.0 Å². The molecule has 0 atom stereocenters. The van der Waals surface area contributed by atoms with E-state index in [4.69, 9.17) is 0 Å². The zero-order valence-electron chi connectivity index (χ0n) is 12.9. The first-order valence-corrected chi connectivity index (χ1v) is 8.50. The smallest absolute Gasteiger partial charge is 0.263 e. The predicted octanol–water partition coefficient (Wildman–Crippen LogP) is 3.08. The number of piperidine rings is 1. The topological polar surface area (TPSA) is 32.3 Å². The number of carbonyl (C=O) groups is 1. The van der Waals surface area contributed by atoms with Crippen LogP contribution < -0.4 is 5.32 Å². The van der Waals surface area contributed by atoms with Crippen molar-refractivity contribution in [3.8, 4) is 0 Å². The van der Waals surface area contributed by atoms with Gasteiger partial charge in [0.25, 0.3) is 5.91 Å². The number of hydrogen-bond donors (Lipinski definition) is 1. The summed E-state index contributed by atoms with van der Waals surface area (Å²) < 4.78 is 0. The monoisotopic (exact) mass is 294 g/mol. The van der Waals surface area contributed by atoms with Crippen LogP contribution in [0.3, 0.4) is 0 Å². The van der Waals surface area contributed by atoms with E-state index in [1.165, 1.54) is 16.9 Å². The number of likely N-dealkylation sites (tertiary alicyclic amines) is 1. The molecule has 2 rings (SSSR count). The summed E-state index contributed by atoms with van der Waals surface area (Å²) in [6.45, 7) is 7.20. The molecule has 0 radical (unpaired) electrons. The minimum atomic E-state index is 0.241. The van der Waals surface area contributed by atoms with Crippen LogP contribution in [0.15, 0.2) is 6.07 Å². The third-order valence-corrected chi connectivity index (χ3v) is 5.40. The van der Waals surface area contributed by atoms with E-state index in [1.54, 1.807) is 11.3 Å². The van der Waals surface area contributed by atoms with Crippen LogP contribution in [0.4, 0.5) is 0 Å². The quantitative estimate of drug-likeness (QED) is 0.905. The van der Waals surface area contributed by atoms with Gasteiger partial charge in [-0.3, -0.25) is 4.79 Å². The van der Waals surface area contributed by atoms with Gasteiger partial charge in [0.05, 0.1) is 4.88 Å². The van der Waals surface area contributed by atoms with Gasteiger partial charge in [0.15, 0.2) is 0 Å². The fraction of sp³-hybridized carbons (Fsp3) is 0.688. The fourth-order valence-corrected chi connectivity index (χ4v) is 3.99. The predicted molar refractivity (Wildman–Crippen MR) is 85.6 cm³/mol. The molecule has 1 fully saturated rings. The largest absolute Gasteiger partial charge is 0.338 e. The first kappa shape index (κ1) is 15.5. The second-order valence-electron chi connectivity index (χ2n) is 5.67. The number of aryl methyl sites for hydroxylation is 2. The molecule has 1 N–H and O–H groups in total. The van der Waals surface area contributed by atoms with Crippen LogP contribution in [0.25, 0.3) is 0 Å². The summed E-state index contributed by atoms with van der Waals surface area (Å²) in [6, 6.07) is 2.09. The van der Waals surface area contributed by atoms with E-state index in [-0.39, 0.29) is 5.91 Å². The highest BCUT2D eigenvalue weighted by molar-refractivity contribution is 7.14. The highest BCUT2D eigenvalue weighted by Crippen LogP contribution is 2.26. The Kier molecular flexibility index (Phi) is 5.61. The van der Waals surface area contributed by atoms with Crippen LogP contribution in [-0.2, 0) is 6.42 Å². The summed E-state index contributed by atoms with van der Waals surface area (Å²) in [7, 11) is 2.00. The van der Waals surface area contributed by atoms with E-state index >= 15 is 0 Å². The second kappa shape index (κ2) is 7.23. The van der Waals surface area contributed by atoms with Crippen molar-refractivity contribution in [2.24, 2.45) is 5.92 Å². The molecule has 3 nitrogen and oxygen atoms in total. The summed E-state index contributed by atoms with van der Waals surface area (Å²) >= 11 is 1.65. The van der Waals surface area contributed by atoms with Crippen LogP contribution >= 0.6 is 11.3 Å². The molecule has 0 unspecified atom stereocenters. The average Bonchev–Trinajstić information content (AvgIpc) is 2.86. The number of nitrogens with one attached hydrogen (secondary N) is 1. The standard InChI is InChI=1S/C16H26N2OS/c1-4-14-11-15(20-12(14)2)16(19)18-9-6-13(7-10-18)5-8-17-3/h11,13,17H,4-10H2,1-3H3. The maximum Gasteiger partial charge on any atom is 0.263 e. The summed E-state index contributed by atoms with van der Waals surface area (Å²) in [4.78, 5) is 16.8. The molecule has 0 bridgehead atoms. The molecule has 1 aromatic rings. The summed E-state index contributed by atoms with van der Waals surface area (Å²) in [5.74, 6) is 1.02. The molecule has 0 saturated carbocycles. The molecule has 0 aliphatic carbocycles. The first-order valence-electron chi connectivity index (χ1n) is 7.68. The van der Waals surface area contributed by atoms with Crippen molar-refractivity contribution in [2.75, 3.05) is 26.7 Å². The highest BCUT2D eigenvalue weighted by Gasteiger charge is 2.24. The third-order valence-electron chi connectivity index (χ3n) is 4.32. The van der Waals surface area contributed by atoms with Crippen LogP contribution in [0.2, 0.25) is 0 Å². The number of nitrogens with zero attached hydrogens (tertiary/aromatic N) is 1. The van der Waals surface area contributed by atoms with Crippen molar-refractivity contribution in [2.45, 2.75) is 39.5 Å². The lowest BCUT2D eigenvalue weighted by atomic mass is 9.93. The molecular weight excluding hydrogens is 268 g/mol.